The molecule has 0 bridgehead atoms. The van der Waals surface area contributed by atoms with E-state index in [9.17, 15) is 38.4 Å². The Morgan fingerprint density at radius 2 is 0.769 bits per heavy atom. The van der Waals surface area contributed by atoms with Gasteiger partial charge in [0.15, 0.2) is 26.4 Å². The molecule has 0 aromatic heterocycles. The Kier molecular flexibility index (Phi) is 28.3. The number of benzene rings is 1. The lowest BCUT2D eigenvalue weighted by molar-refractivity contribution is -0.173. The van der Waals surface area contributed by atoms with E-state index in [1.165, 1.54) is 20.8 Å². The van der Waals surface area contributed by atoms with Crippen LogP contribution in [0.1, 0.15) is 175 Å². The van der Waals surface area contributed by atoms with Crippen LogP contribution >= 0.6 is 0 Å². The Balaban J connectivity index is 0.000000358. The number of carbonyl (C=O) groups is 8. The fourth-order valence-electron chi connectivity index (χ4n) is 9.37. The molecule has 0 heterocycles. The maximum absolute atomic E-state index is 12.2. The van der Waals surface area contributed by atoms with Crippen molar-refractivity contribution in [3.8, 4) is 0 Å². The number of ether oxygens (including phenoxy) is 8. The first-order chi connectivity index (χ1) is 36.7. The molecule has 430 valence electrons. The summed E-state index contributed by atoms with van der Waals surface area (Å²) in [6.45, 7) is 33.9. The van der Waals surface area contributed by atoms with Gasteiger partial charge in [-0.2, -0.15) is 0 Å². The van der Waals surface area contributed by atoms with Gasteiger partial charge in [0.25, 0.3) is 0 Å². The quantitative estimate of drug-likeness (QED) is 0.0514. The summed E-state index contributed by atoms with van der Waals surface area (Å²) in [5.74, 6) is -4.39. The van der Waals surface area contributed by atoms with E-state index in [0.717, 1.165) is 138 Å². The van der Waals surface area contributed by atoms with Gasteiger partial charge in [-0.25, -0.2) is 38.4 Å². The highest BCUT2D eigenvalue weighted by molar-refractivity contribution is 5.90. The number of hydrogen-bond acceptors (Lipinski definition) is 16. The first-order valence-electron chi connectivity index (χ1n) is 26.9. The van der Waals surface area contributed by atoms with Crippen LogP contribution in [0, 0.1) is 6.92 Å². The van der Waals surface area contributed by atoms with Crippen LogP contribution in [0.2, 0.25) is 0 Å². The summed E-state index contributed by atoms with van der Waals surface area (Å²) in [5.41, 5.74) is 2.69. The number of aryl methyl sites for hydroxylation is 1. The van der Waals surface area contributed by atoms with E-state index >= 15 is 0 Å². The summed E-state index contributed by atoms with van der Waals surface area (Å²) >= 11 is 0. The molecule has 4 fully saturated rings. The second-order valence-corrected chi connectivity index (χ2v) is 20.8. The zero-order valence-electron chi connectivity index (χ0n) is 47.8. The van der Waals surface area contributed by atoms with Gasteiger partial charge in [0.05, 0.1) is 0 Å². The van der Waals surface area contributed by atoms with Gasteiger partial charge >= 0.3 is 47.8 Å². The molecule has 0 spiro atoms. The van der Waals surface area contributed by atoms with Gasteiger partial charge < -0.3 is 37.9 Å². The first kappa shape index (κ1) is 67.3. The molecule has 1 aromatic rings. The number of esters is 8. The lowest BCUT2D eigenvalue weighted by Gasteiger charge is -2.37. The molecular formula is C62H86O16. The number of rotatable bonds is 20. The average molecular weight is 1090 g/mol. The van der Waals surface area contributed by atoms with Crippen LogP contribution in [-0.4, -0.2) is 91.0 Å². The normalized spacial score (nSPS) is 17.1. The second-order valence-electron chi connectivity index (χ2n) is 20.8. The fraction of sp³-hybridized carbons (Fsp3) is 0.548. The van der Waals surface area contributed by atoms with Crippen molar-refractivity contribution in [2.24, 2.45) is 0 Å². The minimum atomic E-state index is -0.600. The molecule has 4 saturated carbocycles. The van der Waals surface area contributed by atoms with Crippen molar-refractivity contribution in [1.29, 1.82) is 0 Å². The molecule has 4 aliphatic carbocycles. The molecule has 0 radical (unpaired) electrons. The van der Waals surface area contributed by atoms with Crippen molar-refractivity contribution in [3.05, 3.63) is 120 Å². The van der Waals surface area contributed by atoms with E-state index in [0.29, 0.717) is 0 Å². The molecule has 16 nitrogen and oxygen atoms in total. The van der Waals surface area contributed by atoms with Crippen LogP contribution in [0.25, 0.3) is 0 Å². The van der Waals surface area contributed by atoms with Crippen LogP contribution in [0.3, 0.4) is 0 Å². The lowest BCUT2D eigenvalue weighted by atomic mass is 9.79. The largest absolute Gasteiger partial charge is 0.452 e. The number of allylic oxidation sites excluding steroid dienone is 1. The smallest absolute Gasteiger partial charge is 0.345 e. The van der Waals surface area contributed by atoms with Crippen LogP contribution in [0.15, 0.2) is 109 Å². The van der Waals surface area contributed by atoms with Gasteiger partial charge in [0, 0.05) is 22.3 Å². The van der Waals surface area contributed by atoms with Crippen molar-refractivity contribution in [2.75, 3.05) is 26.4 Å². The van der Waals surface area contributed by atoms with E-state index in [-0.39, 0.29) is 48.7 Å². The fourth-order valence-corrected chi connectivity index (χ4v) is 9.37. The standard InChI is InChI=1S/C19H24O4.C15H22O4.2C14H20O4/c1-14(2)18(21)22-13-17(20)23-19(10-5-4-6-11-19)16-9-7-8-15(3)12-16;1-11(2)14(17)18-10-13(16)19-15(12(3)4)8-6-5-7-9-15;1-10(2)13(16)17-9-12(15)18-14(11(3)4)7-5-6-8-14;1-4-7-14(8-5-6-9-14)18-12(15)10-17-13(16)11(2)3/h7-9,12H,1,4-6,10-11,13H2,2-3H3;1,3,5-10H2,2,4H3;1,3,5-9H2,2,4H3;4,7H,2,5-6,8-10H2,1,3H3/b;;;7-4+. The molecule has 0 unspecified atom stereocenters. The predicted octanol–water partition coefficient (Wildman–Crippen LogP) is 11.8. The summed E-state index contributed by atoms with van der Waals surface area (Å²) in [6.07, 6.45) is 20.8. The van der Waals surface area contributed by atoms with Crippen molar-refractivity contribution in [2.45, 2.75) is 193 Å². The molecule has 0 aliphatic heterocycles. The van der Waals surface area contributed by atoms with Crippen LogP contribution in [0.4, 0.5) is 0 Å². The van der Waals surface area contributed by atoms with Gasteiger partial charge in [-0.1, -0.05) is 88.2 Å². The monoisotopic (exact) mass is 1090 g/mol. The van der Waals surface area contributed by atoms with E-state index in [1.807, 2.05) is 58.0 Å². The van der Waals surface area contributed by atoms with Gasteiger partial charge in [-0.3, -0.25) is 0 Å². The molecule has 0 N–H and O–H groups in total. The van der Waals surface area contributed by atoms with Crippen molar-refractivity contribution >= 4 is 47.8 Å². The summed E-state index contributed by atoms with van der Waals surface area (Å²) in [6, 6.07) is 8.08. The van der Waals surface area contributed by atoms with Gasteiger partial charge in [0.2, 0.25) is 0 Å². The maximum atomic E-state index is 12.2. The third-order valence-corrected chi connectivity index (χ3v) is 13.7. The number of hydrogen-bond donors (Lipinski definition) is 0. The first-order valence-corrected chi connectivity index (χ1v) is 26.9. The van der Waals surface area contributed by atoms with Crippen molar-refractivity contribution in [3.63, 3.8) is 0 Å². The molecular weight excluding hydrogens is 1000 g/mol. The molecule has 5 rings (SSSR count). The van der Waals surface area contributed by atoms with Crippen LogP contribution < -0.4 is 0 Å². The zero-order valence-corrected chi connectivity index (χ0v) is 47.8. The summed E-state index contributed by atoms with van der Waals surface area (Å²) in [7, 11) is 0. The van der Waals surface area contributed by atoms with Crippen molar-refractivity contribution in [1.82, 2.24) is 0 Å². The van der Waals surface area contributed by atoms with Crippen molar-refractivity contribution < 1.29 is 76.3 Å². The minimum Gasteiger partial charge on any atom is -0.452 e. The second kappa shape index (κ2) is 32.8. The van der Waals surface area contributed by atoms with E-state index in [4.69, 9.17) is 37.9 Å². The van der Waals surface area contributed by atoms with Crippen LogP contribution in [-0.2, 0) is 81.9 Å². The van der Waals surface area contributed by atoms with Gasteiger partial charge in [-0.05, 0) is 181 Å². The molecule has 0 atom stereocenters. The molecule has 0 saturated heterocycles. The molecule has 4 aliphatic rings. The Hall–Kier alpha value is -6.84. The average Bonchev–Trinajstić information content (AvgIpc) is 4.07. The van der Waals surface area contributed by atoms with Gasteiger partial charge in [-0.15, -0.1) is 0 Å². The Bertz CT molecular complexity index is 2380. The molecule has 1 aromatic carbocycles. The SMILES string of the molecule is C=C(C)C(=O)OCC(=O)OC1(/C=C/C)CCCC1.C=C(C)C(=O)OCC(=O)OC1(C(=C)C)CCCC1.C=C(C)C(=O)OCC(=O)OC1(C(=C)C)CCCCC1.C=C(C)C(=O)OCC(=O)OC1(c2cccc(C)c2)CCCCC1. The third kappa shape index (κ3) is 22.6. The maximum Gasteiger partial charge on any atom is 0.345 e. The highest BCUT2D eigenvalue weighted by Crippen LogP contribution is 2.42. The third-order valence-electron chi connectivity index (χ3n) is 13.7. The summed E-state index contributed by atoms with van der Waals surface area (Å²) in [5, 5.41) is 0. The van der Waals surface area contributed by atoms with Gasteiger partial charge in [0.1, 0.15) is 22.4 Å². The summed E-state index contributed by atoms with van der Waals surface area (Å²) in [4.78, 5) is 92.2. The molecule has 78 heavy (non-hydrogen) atoms. The Labute approximate surface area is 462 Å². The van der Waals surface area contributed by atoms with E-state index in [1.54, 1.807) is 6.92 Å². The Morgan fingerprint density at radius 3 is 1.10 bits per heavy atom. The highest BCUT2D eigenvalue weighted by Gasteiger charge is 2.41. The summed E-state index contributed by atoms with van der Waals surface area (Å²) < 4.78 is 41.4. The predicted molar refractivity (Wildman–Crippen MR) is 296 cm³/mol. The Morgan fingerprint density at radius 1 is 0.449 bits per heavy atom. The van der Waals surface area contributed by atoms with E-state index < -0.39 is 70.2 Å². The number of carbonyl (C=O) groups excluding carboxylic acids is 8. The minimum absolute atomic E-state index is 0.262. The molecule has 0 amide bonds. The highest BCUT2D eigenvalue weighted by atomic mass is 16.6. The topological polar surface area (TPSA) is 210 Å². The lowest BCUT2D eigenvalue weighted by Crippen LogP contribution is -2.39. The van der Waals surface area contributed by atoms with Crippen LogP contribution in [0.5, 0.6) is 0 Å². The molecule has 16 heteroatoms. The zero-order chi connectivity index (χ0) is 58.7. The van der Waals surface area contributed by atoms with E-state index in [2.05, 4.69) is 45.5 Å².